The molecule has 2 N–H and O–H groups in total. The first-order valence-corrected chi connectivity index (χ1v) is 5.21. The minimum atomic E-state index is -0.122. The van der Waals surface area contributed by atoms with Gasteiger partial charge in [0.2, 0.25) is 5.91 Å². The Labute approximate surface area is 86.0 Å². The molecule has 0 atom stereocenters. The van der Waals surface area contributed by atoms with Crippen LogP contribution in [0.15, 0.2) is 0 Å². The van der Waals surface area contributed by atoms with Gasteiger partial charge in [-0.15, -0.1) is 0 Å². The lowest BCUT2D eigenvalue weighted by atomic mass is 10.0. The summed E-state index contributed by atoms with van der Waals surface area (Å²) in [4.78, 5) is 13.3. The molecule has 0 unspecified atom stereocenters. The molecule has 0 radical (unpaired) electrons. The van der Waals surface area contributed by atoms with Crippen LogP contribution in [0.25, 0.3) is 0 Å². The van der Waals surface area contributed by atoms with Crippen LogP contribution in [0.5, 0.6) is 0 Å². The van der Waals surface area contributed by atoms with Crippen molar-refractivity contribution in [2.75, 3.05) is 32.7 Å². The normalized spacial score (nSPS) is 19.4. The van der Waals surface area contributed by atoms with Crippen molar-refractivity contribution >= 4 is 5.91 Å². The third-order valence-corrected chi connectivity index (χ3v) is 2.34. The molecule has 1 aliphatic heterocycles. The number of carbonyl (C=O) groups is 1. The van der Waals surface area contributed by atoms with E-state index in [1.807, 2.05) is 0 Å². The molecule has 82 valence electrons. The molecule has 0 aromatic rings. The number of nitrogens with zero attached hydrogens (tertiary/aromatic N) is 1. The number of amides is 1. The number of hydrogen-bond acceptors (Lipinski definition) is 3. The largest absolute Gasteiger partial charge is 0.350 e. The van der Waals surface area contributed by atoms with E-state index in [1.54, 1.807) is 6.92 Å². The molecule has 4 heteroatoms. The molecule has 1 heterocycles. The van der Waals surface area contributed by atoms with Gasteiger partial charge < -0.3 is 10.6 Å². The van der Waals surface area contributed by atoms with Crippen LogP contribution >= 0.6 is 0 Å². The SMILES string of the molecule is CC(=O)NC(C)(C)CN1CCNCC1. The standard InChI is InChI=1S/C10H21N3O/c1-9(14)12-10(2,3)8-13-6-4-11-5-7-13/h11H,4-8H2,1-3H3,(H,12,14). The lowest BCUT2D eigenvalue weighted by molar-refractivity contribution is -0.120. The van der Waals surface area contributed by atoms with Gasteiger partial charge in [-0.1, -0.05) is 0 Å². The van der Waals surface area contributed by atoms with Gasteiger partial charge in [-0.05, 0) is 13.8 Å². The minimum Gasteiger partial charge on any atom is -0.350 e. The van der Waals surface area contributed by atoms with Gasteiger partial charge in [0, 0.05) is 45.2 Å². The Balaban J connectivity index is 2.36. The summed E-state index contributed by atoms with van der Waals surface area (Å²) in [6, 6.07) is 0. The lowest BCUT2D eigenvalue weighted by Crippen LogP contribution is -2.54. The average Bonchev–Trinajstić information content (AvgIpc) is 2.02. The third-order valence-electron chi connectivity index (χ3n) is 2.34. The van der Waals surface area contributed by atoms with E-state index in [0.717, 1.165) is 32.7 Å². The molecule has 1 fully saturated rings. The summed E-state index contributed by atoms with van der Waals surface area (Å²) in [5.74, 6) is 0.0464. The number of hydrogen-bond donors (Lipinski definition) is 2. The smallest absolute Gasteiger partial charge is 0.217 e. The van der Waals surface area contributed by atoms with Crippen LogP contribution in [0.2, 0.25) is 0 Å². The van der Waals surface area contributed by atoms with Crippen molar-refractivity contribution in [1.82, 2.24) is 15.5 Å². The maximum absolute atomic E-state index is 11.0. The molecule has 0 aliphatic carbocycles. The summed E-state index contributed by atoms with van der Waals surface area (Å²) in [6.45, 7) is 10.9. The summed E-state index contributed by atoms with van der Waals surface area (Å²) < 4.78 is 0. The van der Waals surface area contributed by atoms with E-state index >= 15 is 0 Å². The fourth-order valence-electron chi connectivity index (χ4n) is 1.94. The summed E-state index contributed by atoms with van der Waals surface area (Å²) in [7, 11) is 0. The molecule has 1 amide bonds. The van der Waals surface area contributed by atoms with Gasteiger partial charge >= 0.3 is 0 Å². The summed E-state index contributed by atoms with van der Waals surface area (Å²) in [6.07, 6.45) is 0. The van der Waals surface area contributed by atoms with Crippen molar-refractivity contribution in [1.29, 1.82) is 0 Å². The summed E-state index contributed by atoms with van der Waals surface area (Å²) in [5.41, 5.74) is -0.122. The van der Waals surface area contributed by atoms with Gasteiger partial charge in [-0.2, -0.15) is 0 Å². The van der Waals surface area contributed by atoms with Crippen molar-refractivity contribution in [3.8, 4) is 0 Å². The van der Waals surface area contributed by atoms with Crippen molar-refractivity contribution in [3.05, 3.63) is 0 Å². The maximum Gasteiger partial charge on any atom is 0.217 e. The summed E-state index contributed by atoms with van der Waals surface area (Å²) >= 11 is 0. The molecular formula is C10H21N3O. The highest BCUT2D eigenvalue weighted by atomic mass is 16.1. The Morgan fingerprint density at radius 3 is 2.50 bits per heavy atom. The van der Waals surface area contributed by atoms with E-state index in [-0.39, 0.29) is 11.4 Å². The first-order chi connectivity index (χ1) is 6.49. The Morgan fingerprint density at radius 1 is 1.43 bits per heavy atom. The average molecular weight is 199 g/mol. The number of carbonyl (C=O) groups excluding carboxylic acids is 1. The minimum absolute atomic E-state index is 0.0464. The van der Waals surface area contributed by atoms with Crippen LogP contribution in [0.3, 0.4) is 0 Å². The number of rotatable bonds is 3. The zero-order chi connectivity index (χ0) is 10.6. The number of piperazine rings is 1. The topological polar surface area (TPSA) is 44.4 Å². The van der Waals surface area contributed by atoms with Gasteiger partial charge in [0.05, 0.1) is 0 Å². The van der Waals surface area contributed by atoms with E-state index in [9.17, 15) is 4.79 Å². The lowest BCUT2D eigenvalue weighted by Gasteiger charge is -2.35. The van der Waals surface area contributed by atoms with Crippen LogP contribution < -0.4 is 10.6 Å². The van der Waals surface area contributed by atoms with E-state index in [4.69, 9.17) is 0 Å². The van der Waals surface area contributed by atoms with Crippen molar-refractivity contribution < 1.29 is 4.79 Å². The molecule has 0 spiro atoms. The van der Waals surface area contributed by atoms with Crippen LogP contribution in [0.4, 0.5) is 0 Å². The van der Waals surface area contributed by atoms with Gasteiger partial charge in [0.1, 0.15) is 0 Å². The van der Waals surface area contributed by atoms with Crippen molar-refractivity contribution in [2.45, 2.75) is 26.3 Å². The van der Waals surface area contributed by atoms with Crippen LogP contribution in [0, 0.1) is 0 Å². The molecule has 4 nitrogen and oxygen atoms in total. The molecule has 0 bridgehead atoms. The molecule has 1 aliphatic rings. The Morgan fingerprint density at radius 2 is 2.00 bits per heavy atom. The molecule has 14 heavy (non-hydrogen) atoms. The summed E-state index contributed by atoms with van der Waals surface area (Å²) in [5, 5.41) is 6.28. The highest BCUT2D eigenvalue weighted by Crippen LogP contribution is 2.06. The van der Waals surface area contributed by atoms with Gasteiger partial charge in [-0.25, -0.2) is 0 Å². The van der Waals surface area contributed by atoms with E-state index in [2.05, 4.69) is 29.4 Å². The Kier molecular flexibility index (Phi) is 3.89. The molecule has 1 saturated heterocycles. The second kappa shape index (κ2) is 4.75. The second-order valence-electron chi connectivity index (χ2n) is 4.59. The predicted octanol–water partition coefficient (Wildman–Crippen LogP) is -0.194. The third kappa shape index (κ3) is 4.07. The van der Waals surface area contributed by atoms with E-state index in [0.29, 0.717) is 0 Å². The number of nitrogens with one attached hydrogen (secondary N) is 2. The van der Waals surface area contributed by atoms with Gasteiger partial charge in [-0.3, -0.25) is 9.69 Å². The highest BCUT2D eigenvalue weighted by Gasteiger charge is 2.23. The first kappa shape index (κ1) is 11.5. The second-order valence-corrected chi connectivity index (χ2v) is 4.59. The molecule has 0 aromatic carbocycles. The van der Waals surface area contributed by atoms with Gasteiger partial charge in [0.15, 0.2) is 0 Å². The molecule has 0 aromatic heterocycles. The fraction of sp³-hybridized carbons (Fsp3) is 0.900. The van der Waals surface area contributed by atoms with Crippen molar-refractivity contribution in [2.24, 2.45) is 0 Å². The highest BCUT2D eigenvalue weighted by molar-refractivity contribution is 5.73. The quantitative estimate of drug-likeness (QED) is 0.662. The van der Waals surface area contributed by atoms with Crippen molar-refractivity contribution in [3.63, 3.8) is 0 Å². The van der Waals surface area contributed by atoms with Crippen LogP contribution in [0.1, 0.15) is 20.8 Å². The zero-order valence-corrected chi connectivity index (χ0v) is 9.39. The van der Waals surface area contributed by atoms with Crippen LogP contribution in [-0.4, -0.2) is 49.1 Å². The Bertz CT molecular complexity index is 198. The predicted molar refractivity (Wildman–Crippen MR) is 57.2 cm³/mol. The molecule has 1 rings (SSSR count). The molecular weight excluding hydrogens is 178 g/mol. The van der Waals surface area contributed by atoms with E-state index in [1.165, 1.54) is 0 Å². The van der Waals surface area contributed by atoms with E-state index < -0.39 is 0 Å². The fourth-order valence-corrected chi connectivity index (χ4v) is 1.94. The van der Waals surface area contributed by atoms with Gasteiger partial charge in [0.25, 0.3) is 0 Å². The Hall–Kier alpha value is -0.610. The zero-order valence-electron chi connectivity index (χ0n) is 9.39. The maximum atomic E-state index is 11.0. The monoisotopic (exact) mass is 199 g/mol. The molecule has 0 saturated carbocycles. The first-order valence-electron chi connectivity index (χ1n) is 5.21. The van der Waals surface area contributed by atoms with Crippen LogP contribution in [-0.2, 0) is 4.79 Å².